The molecule has 0 spiro atoms. The van der Waals surface area contributed by atoms with E-state index in [9.17, 15) is 9.59 Å². The summed E-state index contributed by atoms with van der Waals surface area (Å²) in [5.74, 6) is -1.37. The second-order valence-electron chi connectivity index (χ2n) is 4.11. The number of carboxylic acid groups (broad SMARTS) is 1. The van der Waals surface area contributed by atoms with E-state index in [1.165, 1.54) is 0 Å². The normalized spacial score (nSPS) is 28.5. The van der Waals surface area contributed by atoms with Crippen LogP contribution >= 0.6 is 0 Å². The van der Waals surface area contributed by atoms with Crippen molar-refractivity contribution in [2.45, 2.75) is 25.6 Å². The van der Waals surface area contributed by atoms with Crippen LogP contribution in [-0.4, -0.2) is 59.5 Å². The maximum Gasteiger partial charge on any atom is 0.353 e. The highest BCUT2D eigenvalue weighted by Gasteiger charge is 2.35. The molecule has 1 amide bonds. The number of amides is 1. The second kappa shape index (κ2) is 4.70. The number of hydrogen-bond donors (Lipinski definition) is 1. The molecule has 2 aliphatic rings. The number of aliphatic carboxylic acids is 1. The Labute approximate surface area is 98.0 Å². The Morgan fingerprint density at radius 2 is 2.29 bits per heavy atom. The summed E-state index contributed by atoms with van der Waals surface area (Å²) < 4.78 is 5.32. The second-order valence-corrected chi connectivity index (χ2v) is 4.11. The van der Waals surface area contributed by atoms with Crippen molar-refractivity contribution in [2.75, 3.05) is 19.7 Å². The predicted octanol–water partition coefficient (Wildman–Crippen LogP) is -0.537. The summed E-state index contributed by atoms with van der Waals surface area (Å²) in [5, 5.41) is 12.1. The topological polar surface area (TPSA) is 88.4 Å². The molecule has 0 aromatic carbocycles. The molecule has 2 atom stereocenters. The van der Waals surface area contributed by atoms with E-state index in [1.807, 2.05) is 6.92 Å². The van der Waals surface area contributed by atoms with Crippen molar-refractivity contribution in [1.82, 2.24) is 4.90 Å². The molecule has 1 N–H and O–H groups in total. The van der Waals surface area contributed by atoms with Gasteiger partial charge in [0, 0.05) is 19.5 Å². The lowest BCUT2D eigenvalue weighted by Gasteiger charge is -2.32. The fourth-order valence-electron chi connectivity index (χ4n) is 1.86. The molecule has 7 heteroatoms. The van der Waals surface area contributed by atoms with Crippen LogP contribution in [0.3, 0.4) is 0 Å². The number of carbonyl (C=O) groups is 2. The van der Waals surface area contributed by atoms with Gasteiger partial charge in [0.2, 0.25) is 6.10 Å². The monoisotopic (exact) mass is 242 g/mol. The lowest BCUT2D eigenvalue weighted by atomic mass is 10.1. The van der Waals surface area contributed by atoms with Crippen LogP contribution in [-0.2, 0) is 19.2 Å². The Bertz CT molecular complexity index is 368. The molecule has 2 unspecified atom stereocenters. The largest absolute Gasteiger partial charge is 0.477 e. The molecule has 1 fully saturated rings. The molecule has 2 rings (SSSR count). The average Bonchev–Trinajstić information content (AvgIpc) is 2.77. The van der Waals surface area contributed by atoms with Gasteiger partial charge in [-0.05, 0) is 6.92 Å². The van der Waals surface area contributed by atoms with Crippen molar-refractivity contribution in [1.29, 1.82) is 0 Å². The van der Waals surface area contributed by atoms with Gasteiger partial charge in [-0.2, -0.15) is 0 Å². The Morgan fingerprint density at radius 3 is 2.88 bits per heavy atom. The molecule has 17 heavy (non-hydrogen) atoms. The minimum Gasteiger partial charge on any atom is -0.477 e. The van der Waals surface area contributed by atoms with Crippen LogP contribution in [0.2, 0.25) is 0 Å². The van der Waals surface area contributed by atoms with Crippen LogP contribution in [0.15, 0.2) is 5.16 Å². The molecule has 0 radical (unpaired) electrons. The van der Waals surface area contributed by atoms with Crippen molar-refractivity contribution >= 4 is 17.6 Å². The van der Waals surface area contributed by atoms with Gasteiger partial charge in [0.15, 0.2) is 5.71 Å². The summed E-state index contributed by atoms with van der Waals surface area (Å²) >= 11 is 0. The zero-order chi connectivity index (χ0) is 12.4. The van der Waals surface area contributed by atoms with Crippen LogP contribution in [0.1, 0.15) is 13.3 Å². The quantitative estimate of drug-likeness (QED) is 0.702. The number of hydrogen-bond acceptors (Lipinski definition) is 5. The van der Waals surface area contributed by atoms with Gasteiger partial charge in [0.05, 0.1) is 12.7 Å². The first-order valence-electron chi connectivity index (χ1n) is 5.44. The van der Waals surface area contributed by atoms with E-state index in [2.05, 4.69) is 5.16 Å². The lowest BCUT2D eigenvalue weighted by Crippen LogP contribution is -2.48. The predicted molar refractivity (Wildman–Crippen MR) is 56.6 cm³/mol. The molecule has 2 heterocycles. The molecule has 0 saturated carbocycles. The van der Waals surface area contributed by atoms with Crippen LogP contribution in [0.25, 0.3) is 0 Å². The standard InChI is InChI=1S/C10H14N2O5/c1-6-5-12(2-3-16-6)9(13)8-4-7(10(14)15)11-17-8/h6,8H,2-5H2,1H3,(H,14,15). The van der Waals surface area contributed by atoms with E-state index in [1.54, 1.807) is 4.90 Å². The summed E-state index contributed by atoms with van der Waals surface area (Å²) in [4.78, 5) is 29.1. The van der Waals surface area contributed by atoms with E-state index < -0.39 is 12.1 Å². The maximum atomic E-state index is 12.0. The minimum absolute atomic E-state index is 0.00559. The number of ether oxygens (including phenoxy) is 1. The average molecular weight is 242 g/mol. The van der Waals surface area contributed by atoms with E-state index in [0.29, 0.717) is 19.7 Å². The maximum absolute atomic E-state index is 12.0. The summed E-state index contributed by atoms with van der Waals surface area (Å²) in [7, 11) is 0. The van der Waals surface area contributed by atoms with Crippen LogP contribution in [0.5, 0.6) is 0 Å². The fourth-order valence-corrected chi connectivity index (χ4v) is 1.86. The number of carboxylic acids is 1. The third-order valence-electron chi connectivity index (χ3n) is 2.74. The third-order valence-corrected chi connectivity index (χ3v) is 2.74. The zero-order valence-electron chi connectivity index (χ0n) is 9.46. The summed E-state index contributed by atoms with van der Waals surface area (Å²) in [6, 6.07) is 0. The number of rotatable bonds is 2. The minimum atomic E-state index is -1.14. The highest BCUT2D eigenvalue weighted by Crippen LogP contribution is 2.15. The summed E-state index contributed by atoms with van der Waals surface area (Å²) in [5.41, 5.74) is -0.107. The van der Waals surface area contributed by atoms with Gasteiger partial charge in [0.25, 0.3) is 5.91 Å². The van der Waals surface area contributed by atoms with Crippen molar-refractivity contribution in [3.8, 4) is 0 Å². The Hall–Kier alpha value is -1.63. The van der Waals surface area contributed by atoms with Crippen molar-refractivity contribution in [3.05, 3.63) is 0 Å². The SMILES string of the molecule is CC1CN(C(=O)C2CC(C(=O)O)=NO2)CCO1. The number of oxime groups is 1. The number of carbonyl (C=O) groups excluding carboxylic acids is 1. The summed E-state index contributed by atoms with van der Waals surface area (Å²) in [6.45, 7) is 3.38. The first-order chi connectivity index (χ1) is 8.08. The Balaban J connectivity index is 1.92. The fraction of sp³-hybridized carbons (Fsp3) is 0.700. The van der Waals surface area contributed by atoms with Crippen LogP contribution < -0.4 is 0 Å². The van der Waals surface area contributed by atoms with E-state index >= 15 is 0 Å². The molecule has 0 aliphatic carbocycles. The van der Waals surface area contributed by atoms with Gasteiger partial charge >= 0.3 is 5.97 Å². The molecular formula is C10H14N2O5. The van der Waals surface area contributed by atoms with E-state index in [4.69, 9.17) is 14.7 Å². The zero-order valence-corrected chi connectivity index (χ0v) is 9.46. The van der Waals surface area contributed by atoms with Crippen LogP contribution in [0, 0.1) is 0 Å². The highest BCUT2D eigenvalue weighted by molar-refractivity contribution is 6.36. The van der Waals surface area contributed by atoms with Crippen molar-refractivity contribution in [3.63, 3.8) is 0 Å². The molecular weight excluding hydrogens is 228 g/mol. The van der Waals surface area contributed by atoms with E-state index in [0.717, 1.165) is 0 Å². The molecule has 94 valence electrons. The van der Waals surface area contributed by atoms with Gasteiger partial charge in [-0.1, -0.05) is 5.16 Å². The van der Waals surface area contributed by atoms with Crippen molar-refractivity contribution < 1.29 is 24.3 Å². The molecule has 7 nitrogen and oxygen atoms in total. The van der Waals surface area contributed by atoms with Gasteiger partial charge in [-0.3, -0.25) is 4.79 Å². The lowest BCUT2D eigenvalue weighted by molar-refractivity contribution is -0.148. The summed E-state index contributed by atoms with van der Waals surface area (Å²) in [6.07, 6.45) is -0.778. The van der Waals surface area contributed by atoms with Gasteiger partial charge in [-0.25, -0.2) is 4.79 Å². The molecule has 0 aromatic heterocycles. The first kappa shape index (κ1) is 11.8. The third kappa shape index (κ3) is 2.55. The molecule has 0 aromatic rings. The van der Waals surface area contributed by atoms with Crippen LogP contribution in [0.4, 0.5) is 0 Å². The first-order valence-corrected chi connectivity index (χ1v) is 5.44. The molecule has 2 aliphatic heterocycles. The Morgan fingerprint density at radius 1 is 1.53 bits per heavy atom. The van der Waals surface area contributed by atoms with Crippen molar-refractivity contribution in [2.24, 2.45) is 5.16 Å². The van der Waals surface area contributed by atoms with Gasteiger partial charge in [0.1, 0.15) is 0 Å². The smallest absolute Gasteiger partial charge is 0.353 e. The van der Waals surface area contributed by atoms with Gasteiger partial charge < -0.3 is 19.6 Å². The van der Waals surface area contributed by atoms with E-state index in [-0.39, 0.29) is 24.1 Å². The number of nitrogens with zero attached hydrogens (tertiary/aromatic N) is 2. The molecule has 0 bridgehead atoms. The number of morpholine rings is 1. The molecule has 1 saturated heterocycles. The highest BCUT2D eigenvalue weighted by atomic mass is 16.6. The van der Waals surface area contributed by atoms with Gasteiger partial charge in [-0.15, -0.1) is 0 Å². The Kier molecular flexibility index (Phi) is 3.28.